The zero-order chi connectivity index (χ0) is 9.68. The molecule has 1 nitrogen and oxygen atoms in total. The van der Waals surface area contributed by atoms with E-state index in [9.17, 15) is 4.79 Å². The first-order valence-corrected chi connectivity index (χ1v) is 5.39. The molecule has 2 atom stereocenters. The standard InChI is InChI=1S/C12H20O/c1-10(11(2)9-13)8-12-6-4-3-5-7-12/h8-11H,3-7H2,1-2H3. The van der Waals surface area contributed by atoms with Crippen molar-refractivity contribution in [3.05, 3.63) is 11.6 Å². The molecule has 13 heavy (non-hydrogen) atoms. The van der Waals surface area contributed by atoms with Crippen molar-refractivity contribution < 1.29 is 4.79 Å². The minimum absolute atomic E-state index is 0.175. The predicted octanol–water partition coefficient (Wildman–Crippen LogP) is 3.35. The van der Waals surface area contributed by atoms with Gasteiger partial charge in [-0.05, 0) is 31.6 Å². The van der Waals surface area contributed by atoms with E-state index in [0.29, 0.717) is 5.92 Å². The van der Waals surface area contributed by atoms with Gasteiger partial charge in [0.25, 0.3) is 0 Å². The van der Waals surface area contributed by atoms with Crippen LogP contribution in [0.2, 0.25) is 0 Å². The van der Waals surface area contributed by atoms with Gasteiger partial charge in [-0.25, -0.2) is 0 Å². The lowest BCUT2D eigenvalue weighted by atomic mass is 9.89. The van der Waals surface area contributed by atoms with Crippen molar-refractivity contribution in [2.75, 3.05) is 0 Å². The van der Waals surface area contributed by atoms with E-state index in [-0.39, 0.29) is 5.92 Å². The van der Waals surface area contributed by atoms with Crippen LogP contribution in [-0.2, 0) is 4.79 Å². The molecule has 0 amide bonds. The highest BCUT2D eigenvalue weighted by Crippen LogP contribution is 2.25. The van der Waals surface area contributed by atoms with Gasteiger partial charge in [0, 0.05) is 5.92 Å². The molecule has 2 unspecified atom stereocenters. The highest BCUT2D eigenvalue weighted by atomic mass is 16.1. The van der Waals surface area contributed by atoms with Crippen molar-refractivity contribution in [1.82, 2.24) is 0 Å². The maximum Gasteiger partial charge on any atom is 0.123 e. The molecule has 0 aromatic carbocycles. The molecule has 1 rings (SSSR count). The fourth-order valence-electron chi connectivity index (χ4n) is 1.82. The van der Waals surface area contributed by atoms with Crippen molar-refractivity contribution in [2.45, 2.75) is 46.0 Å². The first-order valence-electron chi connectivity index (χ1n) is 5.39. The quantitative estimate of drug-likeness (QED) is 0.481. The van der Waals surface area contributed by atoms with Crippen LogP contribution in [0.15, 0.2) is 11.6 Å². The Kier molecular flexibility index (Phi) is 4.20. The summed E-state index contributed by atoms with van der Waals surface area (Å²) >= 11 is 0. The van der Waals surface area contributed by atoms with E-state index in [2.05, 4.69) is 13.0 Å². The SMILES string of the molecule is CC(C=O)C(C)C=C1CCCCC1. The second-order valence-corrected chi connectivity index (χ2v) is 4.24. The topological polar surface area (TPSA) is 17.1 Å². The summed E-state index contributed by atoms with van der Waals surface area (Å²) in [6.07, 6.45) is 9.96. The van der Waals surface area contributed by atoms with Gasteiger partial charge in [0.05, 0.1) is 0 Å². The summed E-state index contributed by atoms with van der Waals surface area (Å²) in [5, 5.41) is 0. The summed E-state index contributed by atoms with van der Waals surface area (Å²) in [5.41, 5.74) is 1.58. The number of allylic oxidation sites excluding steroid dienone is 2. The summed E-state index contributed by atoms with van der Waals surface area (Å²) in [6.45, 7) is 4.14. The van der Waals surface area contributed by atoms with E-state index < -0.39 is 0 Å². The van der Waals surface area contributed by atoms with Gasteiger partial charge in [0.1, 0.15) is 6.29 Å². The Morgan fingerprint density at radius 3 is 2.23 bits per heavy atom. The second kappa shape index (κ2) is 5.21. The van der Waals surface area contributed by atoms with E-state index in [0.717, 1.165) is 6.29 Å². The third kappa shape index (κ3) is 3.33. The van der Waals surface area contributed by atoms with E-state index >= 15 is 0 Å². The highest BCUT2D eigenvalue weighted by molar-refractivity contribution is 5.53. The average molecular weight is 180 g/mol. The van der Waals surface area contributed by atoms with Gasteiger partial charge in [-0.1, -0.05) is 31.9 Å². The molecule has 1 fully saturated rings. The molecule has 1 aliphatic carbocycles. The zero-order valence-electron chi connectivity index (χ0n) is 8.75. The van der Waals surface area contributed by atoms with Crippen LogP contribution in [0, 0.1) is 11.8 Å². The van der Waals surface area contributed by atoms with Gasteiger partial charge in [-0.3, -0.25) is 0 Å². The number of hydrogen-bond acceptors (Lipinski definition) is 1. The molecule has 0 N–H and O–H groups in total. The van der Waals surface area contributed by atoms with Crippen LogP contribution in [-0.4, -0.2) is 6.29 Å². The van der Waals surface area contributed by atoms with Gasteiger partial charge in [-0.15, -0.1) is 0 Å². The van der Waals surface area contributed by atoms with Crippen LogP contribution in [0.5, 0.6) is 0 Å². The highest BCUT2D eigenvalue weighted by Gasteiger charge is 2.11. The van der Waals surface area contributed by atoms with Crippen molar-refractivity contribution >= 4 is 6.29 Å². The smallest absolute Gasteiger partial charge is 0.123 e. The number of carbonyl (C=O) groups is 1. The lowest BCUT2D eigenvalue weighted by Gasteiger charge is -2.17. The molecule has 0 spiro atoms. The largest absolute Gasteiger partial charge is 0.303 e. The third-order valence-electron chi connectivity index (χ3n) is 3.04. The summed E-state index contributed by atoms with van der Waals surface area (Å²) in [7, 11) is 0. The number of carbonyl (C=O) groups excluding carboxylic acids is 1. The molecule has 0 aromatic heterocycles. The van der Waals surface area contributed by atoms with Gasteiger partial charge < -0.3 is 4.79 Å². The Morgan fingerprint density at radius 2 is 1.69 bits per heavy atom. The first-order chi connectivity index (χ1) is 6.24. The molecule has 0 aliphatic heterocycles. The molecule has 0 heterocycles. The number of aldehydes is 1. The van der Waals surface area contributed by atoms with Crippen molar-refractivity contribution in [3.63, 3.8) is 0 Å². The lowest BCUT2D eigenvalue weighted by Crippen LogP contribution is -2.08. The maximum absolute atomic E-state index is 10.6. The van der Waals surface area contributed by atoms with E-state index in [1.54, 1.807) is 5.57 Å². The van der Waals surface area contributed by atoms with Crippen LogP contribution in [0.4, 0.5) is 0 Å². The lowest BCUT2D eigenvalue weighted by molar-refractivity contribution is -0.111. The Balaban J connectivity index is 2.47. The molecule has 0 aromatic rings. The zero-order valence-corrected chi connectivity index (χ0v) is 8.75. The number of hydrogen-bond donors (Lipinski definition) is 0. The maximum atomic E-state index is 10.6. The van der Waals surface area contributed by atoms with E-state index in [1.165, 1.54) is 32.1 Å². The van der Waals surface area contributed by atoms with Crippen molar-refractivity contribution in [1.29, 1.82) is 0 Å². The summed E-state index contributed by atoms with van der Waals surface area (Å²) in [6, 6.07) is 0. The van der Waals surface area contributed by atoms with Crippen LogP contribution in [0.25, 0.3) is 0 Å². The molecule has 0 bridgehead atoms. The molecule has 1 heteroatoms. The molecule has 1 saturated carbocycles. The van der Waals surface area contributed by atoms with Gasteiger partial charge in [0.15, 0.2) is 0 Å². The molecular formula is C12H20O. The molecular weight excluding hydrogens is 160 g/mol. The second-order valence-electron chi connectivity index (χ2n) is 4.24. The summed E-state index contributed by atoms with van der Waals surface area (Å²) < 4.78 is 0. The average Bonchev–Trinajstić information content (AvgIpc) is 2.18. The van der Waals surface area contributed by atoms with E-state index in [4.69, 9.17) is 0 Å². The Labute approximate surface area is 81.2 Å². The fraction of sp³-hybridized carbons (Fsp3) is 0.750. The Morgan fingerprint density at radius 1 is 1.08 bits per heavy atom. The number of rotatable bonds is 3. The summed E-state index contributed by atoms with van der Waals surface area (Å²) in [4.78, 5) is 10.6. The van der Waals surface area contributed by atoms with E-state index in [1.807, 2.05) is 6.92 Å². The monoisotopic (exact) mass is 180 g/mol. The normalized spacial score (nSPS) is 22.2. The molecule has 74 valence electrons. The minimum atomic E-state index is 0.175. The van der Waals surface area contributed by atoms with Crippen molar-refractivity contribution in [2.24, 2.45) is 11.8 Å². The van der Waals surface area contributed by atoms with Crippen LogP contribution in [0.1, 0.15) is 46.0 Å². The molecule has 0 saturated heterocycles. The first kappa shape index (κ1) is 10.5. The fourth-order valence-corrected chi connectivity index (χ4v) is 1.82. The third-order valence-corrected chi connectivity index (χ3v) is 3.04. The van der Waals surface area contributed by atoms with Crippen LogP contribution < -0.4 is 0 Å². The minimum Gasteiger partial charge on any atom is -0.303 e. The van der Waals surface area contributed by atoms with Gasteiger partial charge in [-0.2, -0.15) is 0 Å². The molecule has 0 radical (unpaired) electrons. The van der Waals surface area contributed by atoms with Gasteiger partial charge >= 0.3 is 0 Å². The summed E-state index contributed by atoms with van der Waals surface area (Å²) in [5.74, 6) is 0.597. The Hall–Kier alpha value is -0.590. The predicted molar refractivity (Wildman–Crippen MR) is 55.6 cm³/mol. The van der Waals surface area contributed by atoms with Crippen LogP contribution >= 0.6 is 0 Å². The Bertz CT molecular complexity index is 185. The van der Waals surface area contributed by atoms with Gasteiger partial charge in [0.2, 0.25) is 0 Å². The van der Waals surface area contributed by atoms with Crippen molar-refractivity contribution in [3.8, 4) is 0 Å². The molecule has 1 aliphatic rings. The van der Waals surface area contributed by atoms with Crippen LogP contribution in [0.3, 0.4) is 0 Å².